The number of carbonyl (C=O) groups is 1. The van der Waals surface area contributed by atoms with Crippen molar-refractivity contribution in [3.8, 4) is 5.75 Å². The third kappa shape index (κ3) is 16.7. The summed E-state index contributed by atoms with van der Waals surface area (Å²) in [5.74, 6) is 1.78. The van der Waals surface area contributed by atoms with Gasteiger partial charge in [-0.05, 0) is 35.6 Å². The van der Waals surface area contributed by atoms with E-state index in [0.717, 1.165) is 35.6 Å². The van der Waals surface area contributed by atoms with E-state index in [0.29, 0.717) is 32.8 Å². The zero-order chi connectivity index (χ0) is 28.7. The molecule has 0 aromatic heterocycles. The minimum Gasteiger partial charge on any atom is -0.491 e. The molecule has 5 nitrogen and oxygen atoms in total. The molecule has 0 heterocycles. The van der Waals surface area contributed by atoms with Gasteiger partial charge in [0.1, 0.15) is 12.4 Å². The summed E-state index contributed by atoms with van der Waals surface area (Å²) in [6.45, 7) is 6.63. The van der Waals surface area contributed by atoms with Crippen LogP contribution in [0.1, 0.15) is 121 Å². The lowest BCUT2D eigenvalue weighted by molar-refractivity contribution is -0.121. The van der Waals surface area contributed by atoms with Crippen LogP contribution in [0.15, 0.2) is 54.6 Å². The van der Waals surface area contributed by atoms with Gasteiger partial charge in [-0.2, -0.15) is 0 Å². The van der Waals surface area contributed by atoms with Crippen LogP contribution in [0.25, 0.3) is 0 Å². The molecule has 224 valence electrons. The number of ether oxygens (including phenoxy) is 2. The molecule has 5 heteroatoms. The van der Waals surface area contributed by atoms with E-state index in [1.54, 1.807) is 0 Å². The topological polar surface area (TPSA) is 73.6 Å². The Bertz CT molecular complexity index is 870. The molecule has 1 unspecified atom stereocenters. The number of unbranched alkanes of at least 4 members (excludes halogenated alkanes) is 11. The fourth-order valence-corrected chi connectivity index (χ4v) is 4.90. The second-order valence-corrected chi connectivity index (χ2v) is 11.4. The largest absolute Gasteiger partial charge is 0.491 e. The minimum atomic E-state index is -0.146. The maximum Gasteiger partial charge on any atom is 0.220 e. The third-order valence-corrected chi connectivity index (χ3v) is 7.40. The average molecular weight is 553 g/mol. The number of benzene rings is 2. The predicted octanol–water partition coefficient (Wildman–Crippen LogP) is 8.36. The molecule has 2 rings (SSSR count). The van der Waals surface area contributed by atoms with E-state index < -0.39 is 0 Å². The van der Waals surface area contributed by atoms with Crippen molar-refractivity contribution in [2.75, 3.05) is 26.4 Å². The summed E-state index contributed by atoms with van der Waals surface area (Å²) in [4.78, 5) is 12.0. The normalized spacial score (nSPS) is 12.0. The predicted molar refractivity (Wildman–Crippen MR) is 168 cm³/mol. The first kappa shape index (κ1) is 33.8. The number of hydrogen-bond acceptors (Lipinski definition) is 4. The van der Waals surface area contributed by atoms with Crippen LogP contribution in [0.3, 0.4) is 0 Å². The zero-order valence-electron chi connectivity index (χ0n) is 25.4. The van der Waals surface area contributed by atoms with Crippen LogP contribution in [0.4, 0.5) is 0 Å². The quantitative estimate of drug-likeness (QED) is 0.128. The summed E-state index contributed by atoms with van der Waals surface area (Å²) in [5, 5.41) is 2.95. The van der Waals surface area contributed by atoms with Crippen LogP contribution in [0, 0.1) is 5.92 Å². The lowest BCUT2D eigenvalue weighted by Crippen LogP contribution is -2.27. The highest BCUT2D eigenvalue weighted by atomic mass is 16.5. The summed E-state index contributed by atoms with van der Waals surface area (Å²) in [6.07, 6.45) is 17.8. The van der Waals surface area contributed by atoms with E-state index in [1.807, 2.05) is 54.6 Å². The van der Waals surface area contributed by atoms with E-state index in [-0.39, 0.29) is 11.9 Å². The van der Waals surface area contributed by atoms with E-state index >= 15 is 0 Å². The van der Waals surface area contributed by atoms with Gasteiger partial charge in [0.05, 0.1) is 19.3 Å². The first-order valence-corrected chi connectivity index (χ1v) is 15.9. The molecule has 40 heavy (non-hydrogen) atoms. The fourth-order valence-electron chi connectivity index (χ4n) is 4.90. The van der Waals surface area contributed by atoms with Gasteiger partial charge in [-0.15, -0.1) is 0 Å². The maximum absolute atomic E-state index is 12.0. The Hall–Kier alpha value is -2.37. The van der Waals surface area contributed by atoms with Crippen LogP contribution in [-0.2, 0) is 9.53 Å². The molecule has 0 aliphatic heterocycles. The Morgan fingerprint density at radius 1 is 0.700 bits per heavy atom. The summed E-state index contributed by atoms with van der Waals surface area (Å²) in [6, 6.07) is 17.8. The lowest BCUT2D eigenvalue weighted by atomic mass is 10.00. The molecule has 2 aromatic carbocycles. The molecular formula is C35H56N2O3. The summed E-state index contributed by atoms with van der Waals surface area (Å²) < 4.78 is 11.4. The highest BCUT2D eigenvalue weighted by Gasteiger charge is 2.08. The number of carbonyl (C=O) groups excluding carboxylic acids is 1. The van der Waals surface area contributed by atoms with Gasteiger partial charge >= 0.3 is 0 Å². The van der Waals surface area contributed by atoms with Crippen molar-refractivity contribution in [2.24, 2.45) is 11.7 Å². The number of rotatable bonds is 24. The van der Waals surface area contributed by atoms with Crippen LogP contribution in [0.2, 0.25) is 0 Å². The SMILES string of the molecule is CC(C)CCCCCCCCCCCCCCC(=O)NCCOCCOc1ccc(C(N)c2ccccc2)cc1. The highest BCUT2D eigenvalue weighted by Crippen LogP contribution is 2.22. The molecule has 0 saturated carbocycles. The van der Waals surface area contributed by atoms with Crippen molar-refractivity contribution in [3.63, 3.8) is 0 Å². The van der Waals surface area contributed by atoms with Crippen LogP contribution < -0.4 is 15.8 Å². The number of nitrogens with two attached hydrogens (primary N) is 1. The van der Waals surface area contributed by atoms with Gasteiger partial charge in [-0.3, -0.25) is 4.79 Å². The molecule has 0 aliphatic carbocycles. The molecule has 0 spiro atoms. The molecule has 0 bridgehead atoms. The molecule has 0 saturated heterocycles. The first-order valence-electron chi connectivity index (χ1n) is 15.9. The van der Waals surface area contributed by atoms with Crippen LogP contribution in [0.5, 0.6) is 5.75 Å². The molecular weight excluding hydrogens is 496 g/mol. The molecule has 3 N–H and O–H groups in total. The molecule has 2 aromatic rings. The summed E-state index contributed by atoms with van der Waals surface area (Å²) in [7, 11) is 0. The fraction of sp³-hybridized carbons (Fsp3) is 0.629. The van der Waals surface area contributed by atoms with Crippen LogP contribution >= 0.6 is 0 Å². The van der Waals surface area contributed by atoms with E-state index in [1.165, 1.54) is 70.6 Å². The number of hydrogen-bond donors (Lipinski definition) is 2. The van der Waals surface area contributed by atoms with Gasteiger partial charge < -0.3 is 20.5 Å². The molecule has 1 amide bonds. The monoisotopic (exact) mass is 552 g/mol. The van der Waals surface area contributed by atoms with Crippen molar-refractivity contribution in [1.29, 1.82) is 0 Å². The Kier molecular flexibility index (Phi) is 18.9. The number of amides is 1. The van der Waals surface area contributed by atoms with Crippen LogP contribution in [-0.4, -0.2) is 32.3 Å². The minimum absolute atomic E-state index is 0.127. The van der Waals surface area contributed by atoms with Crippen molar-refractivity contribution in [3.05, 3.63) is 65.7 Å². The van der Waals surface area contributed by atoms with Gasteiger partial charge in [0.25, 0.3) is 0 Å². The Morgan fingerprint density at radius 3 is 1.85 bits per heavy atom. The molecule has 0 fully saturated rings. The van der Waals surface area contributed by atoms with E-state index in [9.17, 15) is 4.79 Å². The molecule has 0 radical (unpaired) electrons. The van der Waals surface area contributed by atoms with E-state index in [4.69, 9.17) is 15.2 Å². The van der Waals surface area contributed by atoms with Gasteiger partial charge in [0.15, 0.2) is 0 Å². The van der Waals surface area contributed by atoms with E-state index in [2.05, 4.69) is 19.2 Å². The van der Waals surface area contributed by atoms with Crippen molar-refractivity contribution in [2.45, 2.75) is 110 Å². The lowest BCUT2D eigenvalue weighted by Gasteiger charge is -2.13. The standard InChI is InChI=1S/C35H56N2O3/c1-30(2)18-14-11-9-7-5-3-4-6-8-10-12-17-21-34(38)37-26-27-39-28-29-40-33-24-22-32(23-25-33)35(36)31-19-15-13-16-20-31/h13,15-16,19-20,22-25,30,35H,3-12,14,17-18,21,26-29,36H2,1-2H3,(H,37,38). The maximum atomic E-state index is 12.0. The second kappa shape index (κ2) is 22.3. The van der Waals surface area contributed by atoms with Crippen molar-refractivity contribution < 1.29 is 14.3 Å². The highest BCUT2D eigenvalue weighted by molar-refractivity contribution is 5.75. The van der Waals surface area contributed by atoms with Gasteiger partial charge in [0, 0.05) is 13.0 Å². The third-order valence-electron chi connectivity index (χ3n) is 7.40. The van der Waals surface area contributed by atoms with Gasteiger partial charge in [-0.1, -0.05) is 133 Å². The van der Waals surface area contributed by atoms with Gasteiger partial charge in [-0.25, -0.2) is 0 Å². The smallest absolute Gasteiger partial charge is 0.220 e. The molecule has 0 aliphatic rings. The zero-order valence-corrected chi connectivity index (χ0v) is 25.4. The Labute approximate surface area is 244 Å². The average Bonchev–Trinajstić information content (AvgIpc) is 2.97. The van der Waals surface area contributed by atoms with Crippen molar-refractivity contribution in [1.82, 2.24) is 5.32 Å². The van der Waals surface area contributed by atoms with Crippen molar-refractivity contribution >= 4 is 5.91 Å². The molecule has 1 atom stereocenters. The Morgan fingerprint density at radius 2 is 1.25 bits per heavy atom. The summed E-state index contributed by atoms with van der Waals surface area (Å²) >= 11 is 0. The van der Waals surface area contributed by atoms with Gasteiger partial charge in [0.2, 0.25) is 5.91 Å². The first-order chi connectivity index (χ1) is 19.6. The second-order valence-electron chi connectivity index (χ2n) is 11.4. The number of nitrogens with one attached hydrogen (secondary N) is 1. The summed E-state index contributed by atoms with van der Waals surface area (Å²) in [5.41, 5.74) is 8.49. The Balaban J connectivity index is 1.34.